The third kappa shape index (κ3) is 5.54. The number of anilines is 1. The second-order valence-corrected chi connectivity index (χ2v) is 12.3. The first-order valence-corrected chi connectivity index (χ1v) is 14.8. The molecule has 9 nitrogen and oxygen atoms in total. The zero-order chi connectivity index (χ0) is 25.1. The molecule has 4 heterocycles. The maximum atomic E-state index is 12.4. The number of hydrogen-bond acceptors (Lipinski definition) is 9. The van der Waals surface area contributed by atoms with Crippen LogP contribution < -0.4 is 9.64 Å². The van der Waals surface area contributed by atoms with E-state index in [1.807, 2.05) is 30.6 Å². The van der Waals surface area contributed by atoms with E-state index in [9.17, 15) is 8.42 Å². The maximum absolute atomic E-state index is 12.4. The number of aliphatic hydroxyl groups excluding tert-OH is 1. The van der Waals surface area contributed by atoms with Crippen molar-refractivity contribution in [1.82, 2.24) is 19.3 Å². The summed E-state index contributed by atoms with van der Waals surface area (Å²) in [5.41, 5.74) is 4.28. The Kier molecular flexibility index (Phi) is 7.52. The summed E-state index contributed by atoms with van der Waals surface area (Å²) in [5, 5.41) is 9.60. The maximum Gasteiger partial charge on any atom is 0.274 e. The van der Waals surface area contributed by atoms with Crippen molar-refractivity contribution in [2.75, 3.05) is 43.4 Å². The average molecular weight is 530 g/mol. The van der Waals surface area contributed by atoms with Crippen molar-refractivity contribution >= 4 is 43.1 Å². The van der Waals surface area contributed by atoms with Crippen LogP contribution in [0.15, 0.2) is 36.7 Å². The third-order valence-corrected chi connectivity index (χ3v) is 9.33. The van der Waals surface area contributed by atoms with Crippen LogP contribution >= 0.6 is 11.3 Å². The first-order valence-electron chi connectivity index (χ1n) is 12.4. The fourth-order valence-corrected chi connectivity index (χ4v) is 6.79. The van der Waals surface area contributed by atoms with Gasteiger partial charge in [0.15, 0.2) is 0 Å². The second-order valence-electron chi connectivity index (χ2n) is 9.18. The zero-order valence-corrected chi connectivity index (χ0v) is 22.0. The average Bonchev–Trinajstić information content (AvgIpc) is 3.27. The molecule has 1 aromatic carbocycles. The van der Waals surface area contributed by atoms with Gasteiger partial charge in [-0.3, -0.25) is 0 Å². The third-order valence-electron chi connectivity index (χ3n) is 6.49. The van der Waals surface area contributed by atoms with Gasteiger partial charge >= 0.3 is 0 Å². The normalized spacial score (nSPS) is 17.3. The number of fused-ring (bicyclic) bond motifs is 1. The molecule has 2 aromatic heterocycles. The number of ether oxygens (including phenoxy) is 1. The molecule has 5 rings (SSSR count). The number of aromatic nitrogens is 3. The highest BCUT2D eigenvalue weighted by atomic mass is 32.2. The number of rotatable bonds is 10. The van der Waals surface area contributed by atoms with Gasteiger partial charge in [-0.15, -0.1) is 0 Å². The van der Waals surface area contributed by atoms with E-state index >= 15 is 0 Å². The molecule has 0 spiro atoms. The van der Waals surface area contributed by atoms with Gasteiger partial charge in [-0.25, -0.2) is 23.4 Å². The van der Waals surface area contributed by atoms with Crippen LogP contribution in [0.1, 0.15) is 37.3 Å². The number of aliphatic hydroxyl groups is 1. The Morgan fingerprint density at radius 2 is 2.03 bits per heavy atom. The van der Waals surface area contributed by atoms with Gasteiger partial charge in [0, 0.05) is 32.1 Å². The van der Waals surface area contributed by atoms with Crippen molar-refractivity contribution in [3.8, 4) is 5.19 Å². The molecule has 192 valence electrons. The molecule has 1 fully saturated rings. The molecule has 2 aliphatic heterocycles. The van der Waals surface area contributed by atoms with Crippen molar-refractivity contribution in [3.05, 3.63) is 47.8 Å². The van der Waals surface area contributed by atoms with Gasteiger partial charge < -0.3 is 14.7 Å². The van der Waals surface area contributed by atoms with Gasteiger partial charge in [0.25, 0.3) is 5.19 Å². The molecule has 11 heteroatoms. The Morgan fingerprint density at radius 1 is 1.22 bits per heavy atom. The summed E-state index contributed by atoms with van der Waals surface area (Å²) in [6.07, 6.45) is 8.85. The summed E-state index contributed by atoms with van der Waals surface area (Å²) in [7, 11) is -3.32. The van der Waals surface area contributed by atoms with E-state index in [1.54, 1.807) is 0 Å². The van der Waals surface area contributed by atoms with Gasteiger partial charge in [-0.05, 0) is 48.1 Å². The van der Waals surface area contributed by atoms with Crippen LogP contribution in [0, 0.1) is 0 Å². The van der Waals surface area contributed by atoms with E-state index in [2.05, 4.69) is 32.8 Å². The molecule has 3 aromatic rings. The lowest BCUT2D eigenvalue weighted by atomic mass is 10.0. The van der Waals surface area contributed by atoms with Gasteiger partial charge in [0.1, 0.15) is 6.10 Å². The van der Waals surface area contributed by atoms with Crippen molar-refractivity contribution in [3.63, 3.8) is 0 Å². The van der Waals surface area contributed by atoms with E-state index in [0.717, 1.165) is 58.8 Å². The number of aryl methyl sites for hydroxylation is 1. The Balaban J connectivity index is 1.18. The summed E-state index contributed by atoms with van der Waals surface area (Å²) in [6.45, 7) is 4.32. The smallest absolute Gasteiger partial charge is 0.274 e. The lowest BCUT2D eigenvalue weighted by Gasteiger charge is -2.38. The van der Waals surface area contributed by atoms with E-state index in [1.165, 1.54) is 15.6 Å². The monoisotopic (exact) mass is 529 g/mol. The largest absolute Gasteiger partial charge is 0.463 e. The topological polar surface area (TPSA) is 109 Å². The van der Waals surface area contributed by atoms with E-state index in [0.29, 0.717) is 24.7 Å². The number of hydrogen-bond donors (Lipinski definition) is 1. The van der Waals surface area contributed by atoms with Crippen molar-refractivity contribution < 1.29 is 18.3 Å². The number of thiazole rings is 1. The molecule has 0 bridgehead atoms. The van der Waals surface area contributed by atoms with Crippen molar-refractivity contribution in [2.45, 2.75) is 38.7 Å². The van der Waals surface area contributed by atoms with Crippen LogP contribution in [0.5, 0.6) is 5.19 Å². The SMILES string of the molecule is CCCc1cnc(N2CC(Oc3nc4ccc(C5=CCN(S(=O)(=O)CCCO)CC5)cc4s3)C2)nc1. The Labute approximate surface area is 215 Å². The predicted octanol–water partition coefficient (Wildman–Crippen LogP) is 3.11. The second kappa shape index (κ2) is 10.8. The Morgan fingerprint density at radius 3 is 2.72 bits per heavy atom. The lowest BCUT2D eigenvalue weighted by Crippen LogP contribution is -2.54. The molecule has 0 unspecified atom stereocenters. The molecular weight excluding hydrogens is 498 g/mol. The summed E-state index contributed by atoms with van der Waals surface area (Å²) < 4.78 is 33.4. The minimum absolute atomic E-state index is 0.0146. The van der Waals surface area contributed by atoms with Crippen LogP contribution in [0.25, 0.3) is 15.8 Å². The Hall–Kier alpha value is -2.60. The highest BCUT2D eigenvalue weighted by molar-refractivity contribution is 7.89. The van der Waals surface area contributed by atoms with Crippen LogP contribution in [-0.4, -0.2) is 77.4 Å². The van der Waals surface area contributed by atoms with E-state index < -0.39 is 10.0 Å². The zero-order valence-electron chi connectivity index (χ0n) is 20.3. The summed E-state index contributed by atoms with van der Waals surface area (Å²) in [5.74, 6) is 0.725. The fourth-order valence-electron chi connectivity index (χ4n) is 4.44. The van der Waals surface area contributed by atoms with Gasteiger partial charge in [0.05, 0.1) is 29.1 Å². The summed E-state index contributed by atoms with van der Waals surface area (Å²) >= 11 is 1.53. The standard InChI is InChI=1S/C25H31N5O4S2/c1-2-4-18-14-26-24(27-15-18)29-16-21(17-29)34-25-28-22-6-5-20(13-23(22)35-25)19-7-9-30(10-8-19)36(32,33)12-3-11-31/h5-7,13-15,21,31H,2-4,8-12,16-17H2,1H3. The molecule has 2 aliphatic rings. The van der Waals surface area contributed by atoms with E-state index in [-0.39, 0.29) is 24.9 Å². The fraction of sp³-hybridized carbons (Fsp3) is 0.480. The van der Waals surface area contributed by atoms with Crippen molar-refractivity contribution in [1.29, 1.82) is 0 Å². The van der Waals surface area contributed by atoms with Crippen LogP contribution in [-0.2, 0) is 16.4 Å². The first kappa shape index (κ1) is 25.1. The molecule has 0 radical (unpaired) electrons. The number of sulfonamides is 1. The quantitative estimate of drug-likeness (QED) is 0.427. The van der Waals surface area contributed by atoms with Crippen LogP contribution in [0.3, 0.4) is 0 Å². The molecular formula is C25H31N5O4S2. The van der Waals surface area contributed by atoms with Crippen LogP contribution in [0.4, 0.5) is 5.95 Å². The minimum Gasteiger partial charge on any atom is -0.463 e. The van der Waals surface area contributed by atoms with E-state index in [4.69, 9.17) is 9.84 Å². The lowest BCUT2D eigenvalue weighted by molar-refractivity contribution is 0.166. The molecule has 1 saturated heterocycles. The summed E-state index contributed by atoms with van der Waals surface area (Å²) in [6, 6.07) is 6.15. The molecule has 0 aliphatic carbocycles. The van der Waals surface area contributed by atoms with Crippen LogP contribution in [0.2, 0.25) is 0 Å². The summed E-state index contributed by atoms with van der Waals surface area (Å²) in [4.78, 5) is 15.7. The highest BCUT2D eigenvalue weighted by Gasteiger charge is 2.31. The molecule has 0 atom stereocenters. The molecule has 0 saturated carbocycles. The predicted molar refractivity (Wildman–Crippen MR) is 142 cm³/mol. The van der Waals surface area contributed by atoms with Gasteiger partial charge in [0.2, 0.25) is 16.0 Å². The molecule has 36 heavy (non-hydrogen) atoms. The van der Waals surface area contributed by atoms with Gasteiger partial charge in [-0.2, -0.15) is 4.31 Å². The molecule has 1 N–H and O–H groups in total. The minimum atomic E-state index is -3.32. The van der Waals surface area contributed by atoms with Gasteiger partial charge in [-0.1, -0.05) is 36.8 Å². The highest BCUT2D eigenvalue weighted by Crippen LogP contribution is 2.33. The molecule has 0 amide bonds. The number of benzene rings is 1. The van der Waals surface area contributed by atoms with Crippen molar-refractivity contribution in [2.24, 2.45) is 0 Å². The Bertz CT molecular complexity index is 1330. The first-order chi connectivity index (χ1) is 17.4. The number of nitrogens with zero attached hydrogens (tertiary/aromatic N) is 5.